The first kappa shape index (κ1) is 16.4. The zero-order chi connectivity index (χ0) is 15.2. The van der Waals surface area contributed by atoms with E-state index in [4.69, 9.17) is 32.7 Å². The van der Waals surface area contributed by atoms with Crippen LogP contribution in [0.25, 0.3) is 0 Å². The van der Waals surface area contributed by atoms with Crippen molar-refractivity contribution in [2.75, 3.05) is 40.0 Å². The van der Waals surface area contributed by atoms with Crippen LogP contribution < -0.4 is 5.32 Å². The summed E-state index contributed by atoms with van der Waals surface area (Å²) in [5, 5.41) is 3.92. The van der Waals surface area contributed by atoms with Crippen LogP contribution >= 0.6 is 23.2 Å². The minimum atomic E-state index is -0.219. The standard InChI is InChI=1S/C14H18Cl2N2O3/c1-20-4-2-17-14(19)18-3-5-21-13(9-18)10-6-11(15)8-12(16)7-10/h6-8,13H,2-5,9H2,1H3,(H,17,19). The van der Waals surface area contributed by atoms with Gasteiger partial charge in [-0.05, 0) is 23.8 Å². The van der Waals surface area contributed by atoms with E-state index in [2.05, 4.69) is 5.32 Å². The number of nitrogens with one attached hydrogen (secondary N) is 1. The van der Waals surface area contributed by atoms with Crippen molar-refractivity contribution in [3.63, 3.8) is 0 Å². The monoisotopic (exact) mass is 332 g/mol. The normalized spacial score (nSPS) is 18.6. The minimum absolute atomic E-state index is 0.117. The smallest absolute Gasteiger partial charge is 0.317 e. The average Bonchev–Trinajstić information content (AvgIpc) is 2.46. The lowest BCUT2D eigenvalue weighted by Gasteiger charge is -2.33. The summed E-state index contributed by atoms with van der Waals surface area (Å²) in [5.74, 6) is 0. The second-order valence-corrected chi connectivity index (χ2v) is 5.61. The number of carbonyl (C=O) groups excluding carboxylic acids is 1. The fourth-order valence-electron chi connectivity index (χ4n) is 2.17. The quantitative estimate of drug-likeness (QED) is 0.862. The lowest BCUT2D eigenvalue weighted by atomic mass is 10.1. The lowest BCUT2D eigenvalue weighted by Crippen LogP contribution is -2.47. The molecule has 0 spiro atoms. The van der Waals surface area contributed by atoms with Gasteiger partial charge in [0.1, 0.15) is 6.10 Å². The molecule has 0 aliphatic carbocycles. The van der Waals surface area contributed by atoms with E-state index >= 15 is 0 Å². The summed E-state index contributed by atoms with van der Waals surface area (Å²) in [5.41, 5.74) is 0.877. The van der Waals surface area contributed by atoms with Crippen molar-refractivity contribution in [1.29, 1.82) is 0 Å². The van der Waals surface area contributed by atoms with Crippen LogP contribution in [0.1, 0.15) is 11.7 Å². The molecular weight excluding hydrogens is 315 g/mol. The van der Waals surface area contributed by atoms with Crippen LogP contribution in [0.4, 0.5) is 4.79 Å². The van der Waals surface area contributed by atoms with E-state index in [0.29, 0.717) is 42.9 Å². The lowest BCUT2D eigenvalue weighted by molar-refractivity contribution is -0.0155. The van der Waals surface area contributed by atoms with Gasteiger partial charge < -0.3 is 19.7 Å². The fourth-order valence-corrected chi connectivity index (χ4v) is 2.71. The molecule has 2 rings (SSSR count). The van der Waals surface area contributed by atoms with Crippen molar-refractivity contribution in [2.24, 2.45) is 0 Å². The first-order chi connectivity index (χ1) is 10.1. The number of rotatable bonds is 4. The van der Waals surface area contributed by atoms with E-state index in [1.165, 1.54) is 0 Å². The van der Waals surface area contributed by atoms with E-state index in [9.17, 15) is 4.79 Å². The number of hydrogen-bond acceptors (Lipinski definition) is 3. The van der Waals surface area contributed by atoms with E-state index in [-0.39, 0.29) is 12.1 Å². The van der Waals surface area contributed by atoms with Crippen molar-refractivity contribution < 1.29 is 14.3 Å². The van der Waals surface area contributed by atoms with Gasteiger partial charge in [0.15, 0.2) is 0 Å². The first-order valence-corrected chi connectivity index (χ1v) is 7.45. The van der Waals surface area contributed by atoms with Crippen LogP contribution in [-0.2, 0) is 9.47 Å². The maximum absolute atomic E-state index is 12.0. The predicted molar refractivity (Wildman–Crippen MR) is 82.0 cm³/mol. The van der Waals surface area contributed by atoms with Gasteiger partial charge in [-0.1, -0.05) is 23.2 Å². The molecule has 1 aliphatic heterocycles. The fraction of sp³-hybridized carbons (Fsp3) is 0.500. The Bertz CT molecular complexity index is 479. The average molecular weight is 333 g/mol. The summed E-state index contributed by atoms with van der Waals surface area (Å²) in [6.07, 6.45) is -0.219. The van der Waals surface area contributed by atoms with E-state index in [0.717, 1.165) is 5.56 Å². The van der Waals surface area contributed by atoms with Crippen molar-refractivity contribution in [2.45, 2.75) is 6.10 Å². The van der Waals surface area contributed by atoms with Crippen molar-refractivity contribution in [3.8, 4) is 0 Å². The molecule has 1 aromatic rings. The molecule has 1 atom stereocenters. The summed E-state index contributed by atoms with van der Waals surface area (Å²) in [7, 11) is 1.60. The van der Waals surface area contributed by atoms with Crippen LogP contribution in [0, 0.1) is 0 Å². The Balaban J connectivity index is 1.98. The molecule has 1 N–H and O–H groups in total. The summed E-state index contributed by atoms with van der Waals surface area (Å²) in [4.78, 5) is 13.8. The summed E-state index contributed by atoms with van der Waals surface area (Å²) in [6, 6.07) is 5.17. The van der Waals surface area contributed by atoms with Gasteiger partial charge in [-0.15, -0.1) is 0 Å². The molecule has 7 heteroatoms. The van der Waals surface area contributed by atoms with Crippen LogP contribution in [0.2, 0.25) is 10.0 Å². The zero-order valence-electron chi connectivity index (χ0n) is 11.8. The number of ether oxygens (including phenoxy) is 2. The molecule has 0 radical (unpaired) electrons. The maximum Gasteiger partial charge on any atom is 0.317 e. The maximum atomic E-state index is 12.0. The third-order valence-electron chi connectivity index (χ3n) is 3.19. The Morgan fingerprint density at radius 1 is 1.43 bits per heavy atom. The van der Waals surface area contributed by atoms with Crippen LogP contribution in [-0.4, -0.2) is 50.9 Å². The largest absolute Gasteiger partial charge is 0.383 e. The molecule has 1 aliphatic rings. The number of halogens is 2. The number of morpholine rings is 1. The van der Waals surface area contributed by atoms with E-state index in [1.807, 2.05) is 12.1 Å². The second kappa shape index (κ2) is 7.84. The highest BCUT2D eigenvalue weighted by atomic mass is 35.5. The third kappa shape index (κ3) is 4.74. The van der Waals surface area contributed by atoms with Crippen LogP contribution in [0.15, 0.2) is 18.2 Å². The molecule has 1 fully saturated rings. The number of benzene rings is 1. The van der Waals surface area contributed by atoms with E-state index in [1.54, 1.807) is 18.1 Å². The highest BCUT2D eigenvalue weighted by Crippen LogP contribution is 2.28. The Labute approximate surface area is 134 Å². The molecular formula is C14H18Cl2N2O3. The Morgan fingerprint density at radius 2 is 2.14 bits per heavy atom. The molecule has 21 heavy (non-hydrogen) atoms. The molecule has 1 saturated heterocycles. The molecule has 2 amide bonds. The molecule has 0 bridgehead atoms. The van der Waals surface area contributed by atoms with Gasteiger partial charge >= 0.3 is 6.03 Å². The van der Waals surface area contributed by atoms with Crippen LogP contribution in [0.3, 0.4) is 0 Å². The van der Waals surface area contributed by atoms with Gasteiger partial charge in [-0.25, -0.2) is 4.79 Å². The number of nitrogens with zero attached hydrogens (tertiary/aromatic N) is 1. The Kier molecular flexibility index (Phi) is 6.11. The van der Waals surface area contributed by atoms with Gasteiger partial charge in [0, 0.05) is 30.2 Å². The summed E-state index contributed by atoms with van der Waals surface area (Å²) in [6.45, 7) is 2.48. The summed E-state index contributed by atoms with van der Waals surface area (Å²) >= 11 is 12.0. The van der Waals surface area contributed by atoms with Gasteiger partial charge in [0.2, 0.25) is 0 Å². The molecule has 0 saturated carbocycles. The van der Waals surface area contributed by atoms with Crippen molar-refractivity contribution in [1.82, 2.24) is 10.2 Å². The number of urea groups is 1. The minimum Gasteiger partial charge on any atom is -0.383 e. The molecule has 5 nitrogen and oxygen atoms in total. The predicted octanol–water partition coefficient (Wildman–Crippen LogP) is 2.72. The summed E-state index contributed by atoms with van der Waals surface area (Å²) < 4.78 is 10.6. The van der Waals surface area contributed by atoms with Gasteiger partial charge in [-0.3, -0.25) is 0 Å². The molecule has 1 unspecified atom stereocenters. The van der Waals surface area contributed by atoms with Gasteiger partial charge in [0.25, 0.3) is 0 Å². The van der Waals surface area contributed by atoms with Crippen LogP contribution in [0.5, 0.6) is 0 Å². The highest BCUT2D eigenvalue weighted by Gasteiger charge is 2.25. The zero-order valence-corrected chi connectivity index (χ0v) is 13.3. The second-order valence-electron chi connectivity index (χ2n) is 4.73. The topological polar surface area (TPSA) is 50.8 Å². The van der Waals surface area contributed by atoms with Gasteiger partial charge in [-0.2, -0.15) is 0 Å². The number of hydrogen-bond donors (Lipinski definition) is 1. The molecule has 116 valence electrons. The van der Waals surface area contributed by atoms with Gasteiger partial charge in [0.05, 0.1) is 19.8 Å². The van der Waals surface area contributed by atoms with Crippen molar-refractivity contribution in [3.05, 3.63) is 33.8 Å². The highest BCUT2D eigenvalue weighted by molar-refractivity contribution is 6.34. The first-order valence-electron chi connectivity index (χ1n) is 6.69. The van der Waals surface area contributed by atoms with E-state index < -0.39 is 0 Å². The number of amides is 2. The number of carbonyl (C=O) groups is 1. The molecule has 1 heterocycles. The Morgan fingerprint density at radius 3 is 2.81 bits per heavy atom. The Hall–Kier alpha value is -1.01. The SMILES string of the molecule is COCCNC(=O)N1CCOC(c2cc(Cl)cc(Cl)c2)C1. The number of methoxy groups -OCH3 is 1. The third-order valence-corrected chi connectivity index (χ3v) is 3.63. The van der Waals surface area contributed by atoms with Crippen molar-refractivity contribution >= 4 is 29.2 Å². The molecule has 0 aromatic heterocycles. The molecule has 1 aromatic carbocycles.